The summed E-state index contributed by atoms with van der Waals surface area (Å²) in [6, 6.07) is 0.506. The number of thioether (sulfide) groups is 1. The van der Waals surface area contributed by atoms with Crippen LogP contribution in [0.4, 0.5) is 0 Å². The van der Waals surface area contributed by atoms with Crippen molar-refractivity contribution in [3.63, 3.8) is 0 Å². The van der Waals surface area contributed by atoms with Gasteiger partial charge in [0.05, 0.1) is 6.54 Å². The van der Waals surface area contributed by atoms with Crippen molar-refractivity contribution in [1.29, 1.82) is 0 Å². The van der Waals surface area contributed by atoms with E-state index in [1.165, 1.54) is 25.7 Å². The Morgan fingerprint density at radius 1 is 1.42 bits per heavy atom. The summed E-state index contributed by atoms with van der Waals surface area (Å²) >= 11 is 1.86. The van der Waals surface area contributed by atoms with Crippen molar-refractivity contribution in [1.82, 2.24) is 25.5 Å². The molecule has 108 valence electrons. The fraction of sp³-hybridized carbons (Fsp3) is 0.923. The van der Waals surface area contributed by atoms with Crippen LogP contribution in [0.3, 0.4) is 0 Å². The highest BCUT2D eigenvalue weighted by molar-refractivity contribution is 7.99. The monoisotopic (exact) mass is 283 g/mol. The second-order valence-electron chi connectivity index (χ2n) is 5.81. The van der Waals surface area contributed by atoms with Crippen molar-refractivity contribution in [3.05, 3.63) is 0 Å². The molecule has 6 heteroatoms. The van der Waals surface area contributed by atoms with Crippen LogP contribution in [0.5, 0.6) is 0 Å². The Hall–Kier alpha value is -0.620. The molecule has 0 bridgehead atoms. The Balaban J connectivity index is 1.84. The van der Waals surface area contributed by atoms with Crippen LogP contribution in [-0.4, -0.2) is 38.0 Å². The third-order valence-electron chi connectivity index (χ3n) is 3.54. The summed E-state index contributed by atoms with van der Waals surface area (Å²) in [5.41, 5.74) is 0. The fourth-order valence-electron chi connectivity index (χ4n) is 2.51. The van der Waals surface area contributed by atoms with Crippen molar-refractivity contribution >= 4 is 11.8 Å². The van der Waals surface area contributed by atoms with Gasteiger partial charge in [0.1, 0.15) is 0 Å². The van der Waals surface area contributed by atoms with Crippen molar-refractivity contribution in [2.24, 2.45) is 5.92 Å². The van der Waals surface area contributed by atoms with Crippen LogP contribution in [0, 0.1) is 5.92 Å². The van der Waals surface area contributed by atoms with E-state index in [0.29, 0.717) is 11.3 Å². The number of hydrogen-bond acceptors (Lipinski definition) is 5. The van der Waals surface area contributed by atoms with E-state index in [1.807, 2.05) is 16.4 Å². The lowest BCUT2D eigenvalue weighted by Crippen LogP contribution is -2.27. The summed E-state index contributed by atoms with van der Waals surface area (Å²) in [7, 11) is 0. The minimum Gasteiger partial charge on any atom is -0.313 e. The third-order valence-corrected chi connectivity index (χ3v) is 4.80. The van der Waals surface area contributed by atoms with Crippen LogP contribution in [0.1, 0.15) is 46.5 Å². The first-order valence-corrected chi connectivity index (χ1v) is 8.19. The van der Waals surface area contributed by atoms with Gasteiger partial charge in [-0.3, -0.25) is 0 Å². The van der Waals surface area contributed by atoms with E-state index in [9.17, 15) is 0 Å². The van der Waals surface area contributed by atoms with Crippen molar-refractivity contribution < 1.29 is 0 Å². The summed E-state index contributed by atoms with van der Waals surface area (Å²) in [6.45, 7) is 8.41. The van der Waals surface area contributed by atoms with E-state index in [4.69, 9.17) is 0 Å². The van der Waals surface area contributed by atoms with Crippen LogP contribution < -0.4 is 5.32 Å². The molecule has 0 saturated heterocycles. The van der Waals surface area contributed by atoms with Crippen LogP contribution in [-0.2, 0) is 6.54 Å². The second-order valence-corrected chi connectivity index (χ2v) is 7.07. The summed E-state index contributed by atoms with van der Waals surface area (Å²) in [4.78, 5) is 0. The average molecular weight is 283 g/mol. The van der Waals surface area contributed by atoms with Crippen LogP contribution >= 0.6 is 11.8 Å². The first-order chi connectivity index (χ1) is 9.15. The van der Waals surface area contributed by atoms with Gasteiger partial charge in [-0.05, 0) is 29.2 Å². The average Bonchev–Trinajstić information content (AvgIpc) is 2.76. The number of nitrogens with one attached hydrogen (secondary N) is 1. The topological polar surface area (TPSA) is 55.6 Å². The van der Waals surface area contributed by atoms with Gasteiger partial charge in [0.2, 0.25) is 5.16 Å². The van der Waals surface area contributed by atoms with Gasteiger partial charge in [-0.2, -0.15) is 0 Å². The van der Waals surface area contributed by atoms with Gasteiger partial charge in [0.15, 0.2) is 0 Å². The van der Waals surface area contributed by atoms with Gasteiger partial charge in [-0.25, -0.2) is 4.68 Å². The third kappa shape index (κ3) is 4.76. The van der Waals surface area contributed by atoms with E-state index in [2.05, 4.69) is 41.6 Å². The molecule has 0 spiro atoms. The number of tetrazole rings is 1. The predicted molar refractivity (Wildman–Crippen MR) is 78.2 cm³/mol. The quantitative estimate of drug-likeness (QED) is 0.868. The lowest BCUT2D eigenvalue weighted by molar-refractivity contribution is 0.393. The van der Waals surface area contributed by atoms with Gasteiger partial charge in [0.25, 0.3) is 0 Å². The SMILES string of the molecule is CC1CCCC(Sc2nnnn2CCNC(C)C)C1. The fourth-order valence-corrected chi connectivity index (χ4v) is 3.86. The predicted octanol–water partition coefficient (Wildman–Crippen LogP) is 2.34. The zero-order valence-electron chi connectivity index (χ0n) is 12.2. The van der Waals surface area contributed by atoms with E-state index >= 15 is 0 Å². The Morgan fingerprint density at radius 2 is 2.26 bits per heavy atom. The molecule has 1 aromatic heterocycles. The Labute approximate surface area is 119 Å². The number of nitrogens with zero attached hydrogens (tertiary/aromatic N) is 4. The van der Waals surface area contributed by atoms with Crippen molar-refractivity contribution in [2.75, 3.05) is 6.54 Å². The highest BCUT2D eigenvalue weighted by Gasteiger charge is 2.22. The zero-order chi connectivity index (χ0) is 13.7. The molecule has 5 nitrogen and oxygen atoms in total. The number of rotatable bonds is 6. The summed E-state index contributed by atoms with van der Waals surface area (Å²) in [6.07, 6.45) is 5.31. The first kappa shape index (κ1) is 14.8. The van der Waals surface area contributed by atoms with Gasteiger partial charge in [0, 0.05) is 17.8 Å². The summed E-state index contributed by atoms with van der Waals surface area (Å²) < 4.78 is 1.93. The van der Waals surface area contributed by atoms with Crippen LogP contribution in [0.25, 0.3) is 0 Å². The molecule has 1 aromatic rings. The van der Waals surface area contributed by atoms with Crippen LogP contribution in [0.15, 0.2) is 5.16 Å². The number of aromatic nitrogens is 4. The largest absolute Gasteiger partial charge is 0.313 e. The summed E-state index contributed by atoms with van der Waals surface area (Å²) in [5.74, 6) is 0.846. The molecule has 19 heavy (non-hydrogen) atoms. The standard InChI is InChI=1S/C13H25N5S/c1-10(2)14-7-8-18-13(15-16-17-18)19-12-6-4-5-11(3)9-12/h10-12,14H,4-9H2,1-3H3. The van der Waals surface area contributed by atoms with Gasteiger partial charge in [-0.15, -0.1) is 5.10 Å². The Morgan fingerprint density at radius 3 is 3.00 bits per heavy atom. The maximum absolute atomic E-state index is 4.17. The minimum absolute atomic E-state index is 0.506. The molecule has 1 aliphatic carbocycles. The maximum Gasteiger partial charge on any atom is 0.209 e. The zero-order valence-corrected chi connectivity index (χ0v) is 13.0. The van der Waals surface area contributed by atoms with Gasteiger partial charge >= 0.3 is 0 Å². The maximum atomic E-state index is 4.17. The molecular weight excluding hydrogens is 258 g/mol. The summed E-state index contributed by atoms with van der Waals surface area (Å²) in [5, 5.41) is 17.1. The van der Waals surface area contributed by atoms with E-state index in [1.54, 1.807) is 0 Å². The van der Waals surface area contributed by atoms with E-state index in [0.717, 1.165) is 24.2 Å². The van der Waals surface area contributed by atoms with E-state index in [-0.39, 0.29) is 0 Å². The molecule has 0 aromatic carbocycles. The molecule has 0 radical (unpaired) electrons. The molecule has 1 saturated carbocycles. The molecule has 0 amide bonds. The molecule has 1 fully saturated rings. The Bertz CT molecular complexity index is 379. The van der Waals surface area contributed by atoms with Gasteiger partial charge in [-0.1, -0.05) is 45.4 Å². The van der Waals surface area contributed by atoms with E-state index < -0.39 is 0 Å². The molecule has 0 aliphatic heterocycles. The molecule has 1 N–H and O–H groups in total. The lowest BCUT2D eigenvalue weighted by atomic mass is 9.91. The van der Waals surface area contributed by atoms with Crippen molar-refractivity contribution in [2.45, 2.75) is 69.4 Å². The molecule has 2 rings (SSSR count). The molecular formula is C13H25N5S. The minimum atomic E-state index is 0.506. The molecule has 1 aliphatic rings. The van der Waals surface area contributed by atoms with Gasteiger partial charge < -0.3 is 5.32 Å². The smallest absolute Gasteiger partial charge is 0.209 e. The highest BCUT2D eigenvalue weighted by Crippen LogP contribution is 2.34. The molecule has 1 heterocycles. The lowest BCUT2D eigenvalue weighted by Gasteiger charge is -2.25. The second kappa shape index (κ2) is 7.24. The highest BCUT2D eigenvalue weighted by atomic mass is 32.2. The van der Waals surface area contributed by atoms with Crippen molar-refractivity contribution in [3.8, 4) is 0 Å². The van der Waals surface area contributed by atoms with Crippen LogP contribution in [0.2, 0.25) is 0 Å². The number of hydrogen-bond donors (Lipinski definition) is 1. The first-order valence-electron chi connectivity index (χ1n) is 7.31. The molecule has 2 atom stereocenters. The Kier molecular flexibility index (Phi) is 5.63. The normalized spacial score (nSPS) is 24.0. The molecule has 2 unspecified atom stereocenters.